The lowest BCUT2D eigenvalue weighted by Crippen LogP contribution is -2.32. The van der Waals surface area contributed by atoms with Gasteiger partial charge in [0.15, 0.2) is 0 Å². The number of fused-ring (bicyclic) bond motifs is 1. The van der Waals surface area contributed by atoms with Gasteiger partial charge in [-0.1, -0.05) is 51.1 Å². The zero-order valence-corrected chi connectivity index (χ0v) is 16.4. The van der Waals surface area contributed by atoms with Gasteiger partial charge in [0.1, 0.15) is 0 Å². The minimum Gasteiger partial charge on any atom is -0.326 e. The van der Waals surface area contributed by atoms with E-state index in [1.54, 1.807) is 0 Å². The van der Waals surface area contributed by atoms with Gasteiger partial charge in [0.25, 0.3) is 0 Å². The highest BCUT2D eigenvalue weighted by Crippen LogP contribution is 2.37. The van der Waals surface area contributed by atoms with Gasteiger partial charge in [-0.05, 0) is 35.6 Å². The van der Waals surface area contributed by atoms with Crippen LogP contribution >= 0.6 is 11.8 Å². The molecule has 0 saturated carbocycles. The molecule has 1 aliphatic rings. The second-order valence-corrected chi connectivity index (χ2v) is 8.84. The Kier molecular flexibility index (Phi) is 5.10. The lowest BCUT2D eigenvalue weighted by atomic mass is 9.84. The normalized spacial score (nSPS) is 16.6. The molecule has 5 heteroatoms. The number of carbonyl (C=O) groups excluding carboxylic acids is 2. The first-order chi connectivity index (χ1) is 12.3. The summed E-state index contributed by atoms with van der Waals surface area (Å²) < 4.78 is 0. The summed E-state index contributed by atoms with van der Waals surface area (Å²) in [5.41, 5.74) is 3.71. The van der Waals surface area contributed by atoms with Crippen molar-refractivity contribution in [3.63, 3.8) is 0 Å². The van der Waals surface area contributed by atoms with E-state index in [0.29, 0.717) is 0 Å². The van der Waals surface area contributed by atoms with Gasteiger partial charge in [0, 0.05) is 17.0 Å². The summed E-state index contributed by atoms with van der Waals surface area (Å²) in [6, 6.07) is 13.7. The molecule has 3 rings (SSSR count). The third kappa shape index (κ3) is 3.93. The number of hydrogen-bond donors (Lipinski definition) is 2. The van der Waals surface area contributed by atoms with Crippen molar-refractivity contribution in [2.45, 2.75) is 49.7 Å². The van der Waals surface area contributed by atoms with E-state index in [2.05, 4.69) is 31.4 Å². The molecule has 4 nitrogen and oxygen atoms in total. The van der Waals surface area contributed by atoms with Crippen LogP contribution in [0.15, 0.2) is 47.4 Å². The van der Waals surface area contributed by atoms with Gasteiger partial charge in [0.2, 0.25) is 11.8 Å². The minimum absolute atomic E-state index is 0.0788. The Morgan fingerprint density at radius 2 is 1.88 bits per heavy atom. The van der Waals surface area contributed by atoms with E-state index in [9.17, 15) is 9.59 Å². The third-order valence-corrected chi connectivity index (χ3v) is 5.70. The summed E-state index contributed by atoms with van der Waals surface area (Å²) in [7, 11) is 0. The van der Waals surface area contributed by atoms with Crippen LogP contribution in [-0.4, -0.2) is 17.1 Å². The monoisotopic (exact) mass is 368 g/mol. The van der Waals surface area contributed by atoms with Crippen molar-refractivity contribution in [1.29, 1.82) is 0 Å². The number of rotatable bonds is 3. The highest BCUT2D eigenvalue weighted by atomic mass is 32.2. The van der Waals surface area contributed by atoms with E-state index in [-0.39, 0.29) is 23.7 Å². The number of hydrogen-bond acceptors (Lipinski definition) is 3. The van der Waals surface area contributed by atoms with Crippen LogP contribution in [0.2, 0.25) is 0 Å². The number of anilines is 2. The van der Waals surface area contributed by atoms with E-state index in [4.69, 9.17) is 0 Å². The van der Waals surface area contributed by atoms with Gasteiger partial charge in [-0.3, -0.25) is 9.59 Å². The number of thioether (sulfide) groups is 1. The molecule has 0 saturated heterocycles. The van der Waals surface area contributed by atoms with Gasteiger partial charge >= 0.3 is 0 Å². The lowest BCUT2D eigenvalue weighted by molar-refractivity contribution is -0.120. The summed E-state index contributed by atoms with van der Waals surface area (Å²) >= 11 is 1.45. The summed E-state index contributed by atoms with van der Waals surface area (Å²) in [6.07, 6.45) is 0.142. The van der Waals surface area contributed by atoms with Crippen molar-refractivity contribution >= 4 is 35.0 Å². The highest BCUT2D eigenvalue weighted by Gasteiger charge is 2.29. The molecule has 2 aromatic rings. The first-order valence-corrected chi connectivity index (χ1v) is 9.60. The van der Waals surface area contributed by atoms with Gasteiger partial charge in [0.05, 0.1) is 10.9 Å². The zero-order chi connectivity index (χ0) is 18.9. The molecule has 0 aliphatic carbocycles. The number of carbonyl (C=O) groups is 2. The van der Waals surface area contributed by atoms with E-state index < -0.39 is 5.25 Å². The third-order valence-electron chi connectivity index (χ3n) is 4.42. The summed E-state index contributed by atoms with van der Waals surface area (Å²) in [5, 5.41) is 5.51. The Hall–Kier alpha value is -2.27. The highest BCUT2D eigenvalue weighted by molar-refractivity contribution is 8.01. The number of para-hydroxylation sites is 2. The molecular formula is C21H24N2O2S. The van der Waals surface area contributed by atoms with Crippen molar-refractivity contribution in [2.24, 2.45) is 0 Å². The molecule has 1 atom stereocenters. The SMILES string of the molecule is Cc1cccc(C(C)(C)C)c1NC(=O)C[C@@H]1Sc2ccccc2NC1=O. The minimum atomic E-state index is -0.424. The molecule has 26 heavy (non-hydrogen) atoms. The van der Waals surface area contributed by atoms with E-state index in [0.717, 1.165) is 27.4 Å². The standard InChI is InChI=1S/C21H24N2O2S/c1-13-8-7-9-14(21(2,3)4)19(13)23-18(24)12-17-20(25)22-15-10-5-6-11-16(15)26-17/h5-11,17H,12H2,1-4H3,(H,22,25)(H,23,24)/t17-/m0/s1. The molecule has 2 aromatic carbocycles. The number of nitrogens with one attached hydrogen (secondary N) is 2. The second-order valence-electron chi connectivity index (χ2n) is 7.59. The first kappa shape index (κ1) is 18.5. The molecule has 0 unspecified atom stereocenters. The van der Waals surface area contributed by atoms with Crippen molar-refractivity contribution in [3.05, 3.63) is 53.6 Å². The Labute approximate surface area is 158 Å². The molecule has 2 N–H and O–H groups in total. The Bertz CT molecular complexity index is 855. The summed E-state index contributed by atoms with van der Waals surface area (Å²) in [6.45, 7) is 8.36. The molecule has 0 radical (unpaired) electrons. The van der Waals surface area contributed by atoms with Crippen LogP contribution in [0.3, 0.4) is 0 Å². The topological polar surface area (TPSA) is 58.2 Å². The van der Waals surface area contributed by atoms with E-state index in [1.807, 2.05) is 49.4 Å². The average molecular weight is 369 g/mol. The molecule has 0 bridgehead atoms. The number of benzene rings is 2. The maximum atomic E-state index is 12.7. The van der Waals surface area contributed by atoms with Crippen molar-refractivity contribution in [1.82, 2.24) is 0 Å². The van der Waals surface area contributed by atoms with Crippen LogP contribution in [0, 0.1) is 6.92 Å². The van der Waals surface area contributed by atoms with Gasteiger partial charge in [-0.15, -0.1) is 11.8 Å². The van der Waals surface area contributed by atoms with E-state index >= 15 is 0 Å². The molecule has 136 valence electrons. The fourth-order valence-corrected chi connectivity index (χ4v) is 4.15. The van der Waals surface area contributed by atoms with Crippen LogP contribution in [0.1, 0.15) is 38.3 Å². The van der Waals surface area contributed by atoms with Gasteiger partial charge in [-0.2, -0.15) is 0 Å². The fourth-order valence-electron chi connectivity index (χ4n) is 3.04. The van der Waals surface area contributed by atoms with Crippen molar-refractivity contribution in [3.8, 4) is 0 Å². The lowest BCUT2D eigenvalue weighted by Gasteiger charge is -2.26. The molecule has 2 amide bonds. The van der Waals surface area contributed by atoms with E-state index in [1.165, 1.54) is 11.8 Å². The van der Waals surface area contributed by atoms with Crippen LogP contribution in [0.25, 0.3) is 0 Å². The maximum absolute atomic E-state index is 12.7. The van der Waals surface area contributed by atoms with Gasteiger partial charge in [-0.25, -0.2) is 0 Å². The second kappa shape index (κ2) is 7.16. The zero-order valence-electron chi connectivity index (χ0n) is 15.6. The van der Waals surface area contributed by atoms with Gasteiger partial charge < -0.3 is 10.6 Å². The molecule has 0 aromatic heterocycles. The smallest absolute Gasteiger partial charge is 0.238 e. The predicted octanol–water partition coefficient (Wildman–Crippen LogP) is 4.73. The van der Waals surface area contributed by atoms with Crippen LogP contribution < -0.4 is 10.6 Å². The summed E-state index contributed by atoms with van der Waals surface area (Å²) in [5.74, 6) is -0.262. The molecule has 0 spiro atoms. The quantitative estimate of drug-likeness (QED) is 0.823. The molecular weight excluding hydrogens is 344 g/mol. The number of amides is 2. The van der Waals surface area contributed by atoms with Crippen LogP contribution in [-0.2, 0) is 15.0 Å². The Morgan fingerprint density at radius 1 is 1.15 bits per heavy atom. The summed E-state index contributed by atoms with van der Waals surface area (Å²) in [4.78, 5) is 26.0. The van der Waals surface area contributed by atoms with Crippen LogP contribution in [0.4, 0.5) is 11.4 Å². The average Bonchev–Trinajstić information content (AvgIpc) is 2.56. The molecule has 1 heterocycles. The fraction of sp³-hybridized carbons (Fsp3) is 0.333. The van der Waals surface area contributed by atoms with Crippen LogP contribution in [0.5, 0.6) is 0 Å². The molecule has 1 aliphatic heterocycles. The predicted molar refractivity (Wildman–Crippen MR) is 108 cm³/mol. The Morgan fingerprint density at radius 3 is 2.62 bits per heavy atom. The van der Waals surface area contributed by atoms with Crippen molar-refractivity contribution in [2.75, 3.05) is 10.6 Å². The first-order valence-electron chi connectivity index (χ1n) is 8.72. The maximum Gasteiger partial charge on any atom is 0.238 e. The Balaban J connectivity index is 1.76. The van der Waals surface area contributed by atoms with Crippen molar-refractivity contribution < 1.29 is 9.59 Å². The largest absolute Gasteiger partial charge is 0.326 e. The number of aryl methyl sites for hydroxylation is 1. The molecule has 0 fully saturated rings.